The highest BCUT2D eigenvalue weighted by atomic mass is 35.5. The van der Waals surface area contributed by atoms with Crippen molar-refractivity contribution in [3.8, 4) is 5.75 Å². The third kappa shape index (κ3) is 6.07. The molecular weight excluding hydrogens is 406 g/mol. The molecule has 1 saturated carbocycles. The average molecular weight is 428 g/mol. The van der Waals surface area contributed by atoms with Crippen molar-refractivity contribution >= 4 is 53.1 Å². The first-order valence-corrected chi connectivity index (χ1v) is 9.45. The van der Waals surface area contributed by atoms with Gasteiger partial charge in [0, 0.05) is 25.2 Å². The molecular formula is C17H22Cl4N2O2. The molecule has 1 amide bonds. The minimum Gasteiger partial charge on any atom is -0.482 e. The molecule has 8 heteroatoms. The van der Waals surface area contributed by atoms with Crippen LogP contribution in [0.25, 0.3) is 0 Å². The second-order valence-electron chi connectivity index (χ2n) is 6.49. The van der Waals surface area contributed by atoms with Gasteiger partial charge in [0.25, 0.3) is 5.91 Å². The van der Waals surface area contributed by atoms with Gasteiger partial charge in [-0.1, -0.05) is 34.8 Å². The number of benzene rings is 1. The Morgan fingerprint density at radius 1 is 1.08 bits per heavy atom. The summed E-state index contributed by atoms with van der Waals surface area (Å²) >= 11 is 17.9. The second kappa shape index (κ2) is 9.52. The molecule has 2 aliphatic rings. The van der Waals surface area contributed by atoms with Gasteiger partial charge in [0.15, 0.2) is 6.61 Å². The zero-order valence-electron chi connectivity index (χ0n) is 13.8. The highest BCUT2D eigenvalue weighted by molar-refractivity contribution is 6.43. The molecule has 140 valence electrons. The number of nitrogens with one attached hydrogen (secondary N) is 1. The summed E-state index contributed by atoms with van der Waals surface area (Å²) in [7, 11) is 0. The predicted molar refractivity (Wildman–Crippen MR) is 105 cm³/mol. The lowest BCUT2D eigenvalue weighted by atomic mass is 10.0. The van der Waals surface area contributed by atoms with Crippen molar-refractivity contribution < 1.29 is 9.53 Å². The number of piperidine rings is 1. The van der Waals surface area contributed by atoms with E-state index >= 15 is 0 Å². The van der Waals surface area contributed by atoms with Gasteiger partial charge in [0.05, 0.1) is 15.1 Å². The molecule has 1 aliphatic carbocycles. The highest BCUT2D eigenvalue weighted by Crippen LogP contribution is 2.34. The number of likely N-dealkylation sites (tertiary alicyclic amines) is 1. The zero-order valence-corrected chi connectivity index (χ0v) is 16.9. The maximum atomic E-state index is 12.3. The molecule has 1 aromatic rings. The fourth-order valence-electron chi connectivity index (χ4n) is 2.83. The summed E-state index contributed by atoms with van der Waals surface area (Å²) in [6.45, 7) is 2.61. The van der Waals surface area contributed by atoms with Crippen molar-refractivity contribution in [1.82, 2.24) is 10.2 Å². The van der Waals surface area contributed by atoms with Crippen LogP contribution < -0.4 is 10.1 Å². The van der Waals surface area contributed by atoms with E-state index in [9.17, 15) is 4.79 Å². The van der Waals surface area contributed by atoms with Crippen LogP contribution in [0.4, 0.5) is 0 Å². The molecule has 1 aliphatic heterocycles. The summed E-state index contributed by atoms with van der Waals surface area (Å²) in [6, 6.07) is 3.58. The van der Waals surface area contributed by atoms with E-state index in [2.05, 4.69) is 5.32 Å². The quantitative estimate of drug-likeness (QED) is 0.682. The first-order chi connectivity index (χ1) is 11.5. The van der Waals surface area contributed by atoms with Crippen LogP contribution in [0.3, 0.4) is 0 Å². The van der Waals surface area contributed by atoms with Crippen LogP contribution in [0.2, 0.25) is 15.1 Å². The monoisotopic (exact) mass is 426 g/mol. The first-order valence-electron chi connectivity index (χ1n) is 8.31. The lowest BCUT2D eigenvalue weighted by Gasteiger charge is -2.32. The molecule has 1 aromatic carbocycles. The van der Waals surface area contributed by atoms with Crippen molar-refractivity contribution in [1.29, 1.82) is 0 Å². The number of hydrogen-bond donors (Lipinski definition) is 1. The Morgan fingerprint density at radius 2 is 1.72 bits per heavy atom. The molecule has 0 atom stereocenters. The fourth-order valence-corrected chi connectivity index (χ4v) is 3.43. The van der Waals surface area contributed by atoms with Gasteiger partial charge in [-0.25, -0.2) is 0 Å². The largest absolute Gasteiger partial charge is 0.482 e. The number of hydrogen-bond acceptors (Lipinski definition) is 3. The van der Waals surface area contributed by atoms with Gasteiger partial charge >= 0.3 is 0 Å². The van der Waals surface area contributed by atoms with E-state index in [-0.39, 0.29) is 24.9 Å². The third-order valence-corrected chi connectivity index (χ3v) is 5.58. The summed E-state index contributed by atoms with van der Waals surface area (Å²) in [4.78, 5) is 14.1. The second-order valence-corrected chi connectivity index (χ2v) is 7.71. The smallest absolute Gasteiger partial charge is 0.260 e. The van der Waals surface area contributed by atoms with Crippen LogP contribution in [0, 0.1) is 5.92 Å². The Balaban J connectivity index is 0.00000225. The molecule has 1 N–H and O–H groups in total. The Morgan fingerprint density at radius 3 is 2.36 bits per heavy atom. The van der Waals surface area contributed by atoms with Gasteiger partial charge in [-0.2, -0.15) is 0 Å². The number of rotatable bonds is 6. The highest BCUT2D eigenvalue weighted by Gasteiger charge is 2.26. The fraction of sp³-hybridized carbons (Fsp3) is 0.588. The maximum absolute atomic E-state index is 12.3. The standard InChI is InChI=1S/C17H21Cl3N2O2.ClH/c18-13-7-15(20)16(8-14(13)19)24-10-17(23)22-5-3-12(4-6-22)21-9-11-1-2-11;/h7-8,11-12,21H,1-6,9-10H2;1H. The lowest BCUT2D eigenvalue weighted by molar-refractivity contribution is -0.134. The van der Waals surface area contributed by atoms with Gasteiger partial charge in [0.2, 0.25) is 0 Å². The summed E-state index contributed by atoms with van der Waals surface area (Å²) in [6.07, 6.45) is 4.70. The number of nitrogens with zero attached hydrogens (tertiary/aromatic N) is 1. The minimum absolute atomic E-state index is 0. The molecule has 2 fully saturated rings. The SMILES string of the molecule is Cl.O=C(COc1cc(Cl)c(Cl)cc1Cl)N1CCC(NCC2CC2)CC1. The van der Waals surface area contributed by atoms with Gasteiger partial charge in [0.1, 0.15) is 5.75 Å². The number of ether oxygens (including phenoxy) is 1. The van der Waals surface area contributed by atoms with Crippen LogP contribution in [0.1, 0.15) is 25.7 Å². The van der Waals surface area contributed by atoms with E-state index < -0.39 is 0 Å². The number of amides is 1. The van der Waals surface area contributed by atoms with Gasteiger partial charge in [-0.15, -0.1) is 12.4 Å². The Kier molecular flexibility index (Phi) is 7.96. The van der Waals surface area contributed by atoms with Gasteiger partial charge in [-0.3, -0.25) is 4.79 Å². The molecule has 0 spiro atoms. The third-order valence-electron chi connectivity index (χ3n) is 4.57. The minimum atomic E-state index is -0.0438. The summed E-state index contributed by atoms with van der Waals surface area (Å²) in [5, 5.41) is 4.67. The van der Waals surface area contributed by atoms with E-state index in [0.29, 0.717) is 26.9 Å². The molecule has 25 heavy (non-hydrogen) atoms. The molecule has 4 nitrogen and oxygen atoms in total. The topological polar surface area (TPSA) is 41.6 Å². The molecule has 1 saturated heterocycles. The van der Waals surface area contributed by atoms with Crippen molar-refractivity contribution in [2.24, 2.45) is 5.92 Å². The van der Waals surface area contributed by atoms with E-state index in [1.165, 1.54) is 25.0 Å². The lowest BCUT2D eigenvalue weighted by Crippen LogP contribution is -2.46. The van der Waals surface area contributed by atoms with E-state index in [0.717, 1.165) is 38.4 Å². The van der Waals surface area contributed by atoms with Crippen molar-refractivity contribution in [3.63, 3.8) is 0 Å². The van der Waals surface area contributed by atoms with E-state index in [1.807, 2.05) is 4.90 Å². The molecule has 0 radical (unpaired) electrons. The zero-order chi connectivity index (χ0) is 17.1. The molecule has 3 rings (SSSR count). The molecule has 0 unspecified atom stereocenters. The number of halogens is 4. The number of carbonyl (C=O) groups is 1. The summed E-state index contributed by atoms with van der Waals surface area (Å²) < 4.78 is 5.52. The van der Waals surface area contributed by atoms with Gasteiger partial charge < -0.3 is 15.0 Å². The molecule has 1 heterocycles. The summed E-state index contributed by atoms with van der Waals surface area (Å²) in [5.41, 5.74) is 0. The Bertz CT molecular complexity index is 603. The molecule has 0 aromatic heterocycles. The van der Waals surface area contributed by atoms with Crippen molar-refractivity contribution in [2.75, 3.05) is 26.2 Å². The van der Waals surface area contributed by atoms with Crippen LogP contribution in [0.15, 0.2) is 12.1 Å². The summed E-state index contributed by atoms with van der Waals surface area (Å²) in [5.74, 6) is 1.23. The van der Waals surface area contributed by atoms with Crippen molar-refractivity contribution in [2.45, 2.75) is 31.7 Å². The Labute approximate surface area is 169 Å². The van der Waals surface area contributed by atoms with Crippen molar-refractivity contribution in [3.05, 3.63) is 27.2 Å². The van der Waals surface area contributed by atoms with E-state index in [4.69, 9.17) is 39.5 Å². The van der Waals surface area contributed by atoms with Crippen LogP contribution in [-0.2, 0) is 4.79 Å². The van der Waals surface area contributed by atoms with Crippen LogP contribution in [0.5, 0.6) is 5.75 Å². The van der Waals surface area contributed by atoms with Crippen LogP contribution in [-0.4, -0.2) is 43.1 Å². The number of carbonyl (C=O) groups excluding carboxylic acids is 1. The normalized spacial score (nSPS) is 18.0. The van der Waals surface area contributed by atoms with Gasteiger partial charge in [-0.05, 0) is 44.2 Å². The maximum Gasteiger partial charge on any atom is 0.260 e. The average Bonchev–Trinajstić information content (AvgIpc) is 3.39. The predicted octanol–water partition coefficient (Wildman–Crippen LogP) is 4.44. The van der Waals surface area contributed by atoms with E-state index in [1.54, 1.807) is 0 Å². The first kappa shape index (κ1) is 20.9. The van der Waals surface area contributed by atoms with Crippen LogP contribution >= 0.6 is 47.2 Å². The Hall–Kier alpha value is -0.390. The molecule has 0 bridgehead atoms.